The van der Waals surface area contributed by atoms with Crippen molar-refractivity contribution in [2.45, 2.75) is 31.9 Å². The van der Waals surface area contributed by atoms with Crippen LogP contribution in [0.15, 0.2) is 84.9 Å². The third-order valence-electron chi connectivity index (χ3n) is 7.84. The zero-order valence-electron chi connectivity index (χ0n) is 21.1. The van der Waals surface area contributed by atoms with E-state index in [1.807, 2.05) is 67.6 Å². The van der Waals surface area contributed by atoms with E-state index >= 15 is 0 Å². The van der Waals surface area contributed by atoms with Gasteiger partial charge in [0.25, 0.3) is 5.91 Å². The van der Waals surface area contributed by atoms with Gasteiger partial charge in [-0.1, -0.05) is 78.4 Å². The normalized spacial score (nSPS) is 23.2. The maximum absolute atomic E-state index is 13.6. The molecule has 3 aliphatic rings. The number of fused-ring (bicyclic) bond motifs is 3. The van der Waals surface area contributed by atoms with Crippen LogP contribution in [0.25, 0.3) is 0 Å². The molecule has 3 fully saturated rings. The number of amides is 1. The molecule has 6 heteroatoms. The number of ketones is 1. The Kier molecular flexibility index (Phi) is 7.19. The number of carbonyl (C=O) groups is 3. The predicted molar refractivity (Wildman–Crippen MR) is 141 cm³/mol. The summed E-state index contributed by atoms with van der Waals surface area (Å²) in [4.78, 5) is 39.6. The molecular formula is C31H33N2O4+. The maximum Gasteiger partial charge on any atom is 0.333 e. The largest absolute Gasteiger partial charge is 0.454 e. The van der Waals surface area contributed by atoms with E-state index in [9.17, 15) is 14.4 Å². The zero-order chi connectivity index (χ0) is 25.8. The van der Waals surface area contributed by atoms with Crippen LogP contribution >= 0.6 is 0 Å². The molecule has 2 atom stereocenters. The van der Waals surface area contributed by atoms with Crippen molar-refractivity contribution >= 4 is 17.7 Å². The van der Waals surface area contributed by atoms with Gasteiger partial charge in [-0.05, 0) is 24.6 Å². The number of quaternary nitrogens is 1. The molecule has 1 N–H and O–H groups in total. The molecule has 6 nitrogen and oxygen atoms in total. The van der Waals surface area contributed by atoms with Gasteiger partial charge in [-0.25, -0.2) is 4.79 Å². The highest BCUT2D eigenvalue weighted by molar-refractivity contribution is 5.97. The van der Waals surface area contributed by atoms with Crippen LogP contribution in [0.4, 0.5) is 0 Å². The van der Waals surface area contributed by atoms with Crippen LogP contribution in [-0.4, -0.2) is 54.4 Å². The Bertz CT molecular complexity index is 1250. The van der Waals surface area contributed by atoms with Gasteiger partial charge in [0, 0.05) is 29.9 Å². The molecule has 37 heavy (non-hydrogen) atoms. The molecule has 3 aliphatic heterocycles. The van der Waals surface area contributed by atoms with Gasteiger partial charge in [0.05, 0.1) is 13.1 Å². The van der Waals surface area contributed by atoms with Crippen molar-refractivity contribution in [1.29, 1.82) is 0 Å². The number of carbonyl (C=O) groups excluding carboxylic acids is 3. The van der Waals surface area contributed by atoms with E-state index in [2.05, 4.69) is 5.32 Å². The number of ether oxygens (including phenoxy) is 1. The van der Waals surface area contributed by atoms with Gasteiger partial charge in [0.15, 0.2) is 12.1 Å². The van der Waals surface area contributed by atoms with Crippen LogP contribution in [0, 0.1) is 12.8 Å². The summed E-state index contributed by atoms with van der Waals surface area (Å²) < 4.78 is 6.79. The number of aryl methyl sites for hydroxylation is 1. The van der Waals surface area contributed by atoms with Crippen molar-refractivity contribution < 1.29 is 23.6 Å². The van der Waals surface area contributed by atoms with Crippen molar-refractivity contribution in [3.8, 4) is 0 Å². The van der Waals surface area contributed by atoms with Crippen molar-refractivity contribution in [1.82, 2.24) is 5.32 Å². The molecule has 3 aromatic rings. The predicted octanol–water partition coefficient (Wildman–Crippen LogP) is 4.50. The Morgan fingerprint density at radius 1 is 0.865 bits per heavy atom. The number of esters is 1. The maximum atomic E-state index is 13.6. The molecule has 0 aliphatic carbocycles. The minimum absolute atomic E-state index is 0.124. The summed E-state index contributed by atoms with van der Waals surface area (Å²) in [7, 11) is 0. The molecule has 190 valence electrons. The molecule has 0 saturated carbocycles. The lowest BCUT2D eigenvalue weighted by atomic mass is 9.82. The van der Waals surface area contributed by atoms with Crippen LogP contribution in [0.3, 0.4) is 0 Å². The molecule has 0 radical (unpaired) electrons. The van der Waals surface area contributed by atoms with Gasteiger partial charge in [-0.15, -0.1) is 0 Å². The number of piperidine rings is 3. The lowest BCUT2D eigenvalue weighted by Crippen LogP contribution is -2.66. The average Bonchev–Trinajstić information content (AvgIpc) is 2.93. The number of nitrogens with zero attached hydrogens (tertiary/aromatic N) is 1. The van der Waals surface area contributed by atoms with E-state index in [-0.39, 0.29) is 23.7 Å². The highest BCUT2D eigenvalue weighted by Gasteiger charge is 2.49. The van der Waals surface area contributed by atoms with Crippen molar-refractivity contribution in [3.05, 3.63) is 107 Å². The van der Waals surface area contributed by atoms with E-state index in [0.29, 0.717) is 28.7 Å². The Labute approximate surface area is 217 Å². The molecule has 0 spiro atoms. The fraction of sp³-hybridized carbons (Fsp3) is 0.323. The third kappa shape index (κ3) is 5.65. The van der Waals surface area contributed by atoms with Crippen LogP contribution in [0.2, 0.25) is 0 Å². The first-order valence-corrected chi connectivity index (χ1v) is 13.0. The summed E-state index contributed by atoms with van der Waals surface area (Å²) in [6.45, 7) is 4.86. The van der Waals surface area contributed by atoms with Gasteiger partial charge < -0.3 is 14.5 Å². The van der Waals surface area contributed by atoms with Crippen molar-refractivity contribution in [3.63, 3.8) is 0 Å². The fourth-order valence-corrected chi connectivity index (χ4v) is 5.66. The topological polar surface area (TPSA) is 72.5 Å². The SMILES string of the molecule is Cc1ccc([C@H](NC(=O)c2ccccc2)C(=O)O[C@H]2C[N+]3(CC(=O)c4ccccc4)CCC2CC3)cc1. The Hall–Kier alpha value is -3.77. The lowest BCUT2D eigenvalue weighted by molar-refractivity contribution is -0.938. The number of rotatable bonds is 8. The Balaban J connectivity index is 1.32. The van der Waals surface area contributed by atoms with Gasteiger partial charge in [0.2, 0.25) is 5.78 Å². The van der Waals surface area contributed by atoms with Crippen molar-refractivity contribution in [2.24, 2.45) is 5.92 Å². The van der Waals surface area contributed by atoms with Gasteiger partial charge >= 0.3 is 5.97 Å². The first-order chi connectivity index (χ1) is 17.9. The standard InChI is InChI=1S/C31H32N2O4/c1-22-12-14-25(15-13-22)29(32-30(35)26-10-6-3-7-11-26)31(36)37-28-21-33(18-16-24(28)17-19-33)20-27(34)23-8-4-2-5-9-23/h2-15,24,28-29H,16-21H2,1H3/p+1/t24?,28-,29-,33?/m0/s1. The molecule has 2 bridgehead atoms. The van der Waals surface area contributed by atoms with E-state index in [1.165, 1.54) is 0 Å². The van der Waals surface area contributed by atoms with Crippen LogP contribution < -0.4 is 5.32 Å². The van der Waals surface area contributed by atoms with Gasteiger partial charge in [-0.2, -0.15) is 0 Å². The number of hydrogen-bond acceptors (Lipinski definition) is 4. The Morgan fingerprint density at radius 2 is 1.46 bits per heavy atom. The molecule has 0 unspecified atom stereocenters. The number of Topliss-reactive ketones (excluding diaryl/α,β-unsaturated/α-hetero) is 1. The molecule has 3 saturated heterocycles. The van der Waals surface area contributed by atoms with Crippen molar-refractivity contribution in [2.75, 3.05) is 26.2 Å². The number of benzene rings is 3. The zero-order valence-corrected chi connectivity index (χ0v) is 21.1. The van der Waals surface area contributed by atoms with E-state index in [4.69, 9.17) is 4.74 Å². The highest BCUT2D eigenvalue weighted by atomic mass is 16.5. The number of nitrogens with one attached hydrogen (secondary N) is 1. The highest BCUT2D eigenvalue weighted by Crippen LogP contribution is 2.36. The molecule has 3 heterocycles. The summed E-state index contributed by atoms with van der Waals surface area (Å²) in [6.07, 6.45) is 1.57. The molecule has 0 aromatic heterocycles. The summed E-state index contributed by atoms with van der Waals surface area (Å²) in [5.41, 5.74) is 2.96. The van der Waals surface area contributed by atoms with Crippen LogP contribution in [0.1, 0.15) is 50.7 Å². The Morgan fingerprint density at radius 3 is 2.08 bits per heavy atom. The molecule has 6 rings (SSSR count). The van der Waals surface area contributed by atoms with Gasteiger partial charge in [-0.3, -0.25) is 9.59 Å². The second-order valence-electron chi connectivity index (χ2n) is 10.4. The van der Waals surface area contributed by atoms with Gasteiger partial charge in [0.1, 0.15) is 13.1 Å². The smallest absolute Gasteiger partial charge is 0.333 e. The summed E-state index contributed by atoms with van der Waals surface area (Å²) in [5, 5.41) is 2.89. The summed E-state index contributed by atoms with van der Waals surface area (Å²) >= 11 is 0. The average molecular weight is 498 g/mol. The van der Waals surface area contributed by atoms with E-state index in [0.717, 1.165) is 37.1 Å². The molecular weight excluding hydrogens is 464 g/mol. The van der Waals surface area contributed by atoms with E-state index < -0.39 is 12.0 Å². The minimum atomic E-state index is -0.914. The molecule has 1 amide bonds. The summed E-state index contributed by atoms with van der Waals surface area (Å²) in [6, 6.07) is 24.9. The van der Waals surface area contributed by atoms with Crippen LogP contribution in [-0.2, 0) is 9.53 Å². The third-order valence-corrected chi connectivity index (χ3v) is 7.84. The second-order valence-corrected chi connectivity index (χ2v) is 10.4. The first kappa shape index (κ1) is 24.9. The quantitative estimate of drug-likeness (QED) is 0.283. The number of hydrogen-bond donors (Lipinski definition) is 1. The lowest BCUT2D eigenvalue weighted by Gasteiger charge is -2.51. The minimum Gasteiger partial charge on any atom is -0.454 e. The monoisotopic (exact) mass is 497 g/mol. The molecule has 3 aromatic carbocycles. The fourth-order valence-electron chi connectivity index (χ4n) is 5.66. The first-order valence-electron chi connectivity index (χ1n) is 13.0. The second kappa shape index (κ2) is 10.7. The van der Waals surface area contributed by atoms with E-state index in [1.54, 1.807) is 24.3 Å². The summed E-state index contributed by atoms with van der Waals surface area (Å²) in [5.74, 6) is -0.383. The van der Waals surface area contributed by atoms with Crippen LogP contribution in [0.5, 0.6) is 0 Å².